The van der Waals surface area contributed by atoms with E-state index < -0.39 is 0 Å². The molecule has 1 N–H and O–H groups in total. The lowest BCUT2D eigenvalue weighted by Gasteiger charge is -2.28. The van der Waals surface area contributed by atoms with Gasteiger partial charge in [-0.15, -0.1) is 0 Å². The van der Waals surface area contributed by atoms with Crippen LogP contribution in [0.2, 0.25) is 10.0 Å². The molecule has 0 saturated carbocycles. The van der Waals surface area contributed by atoms with Crippen molar-refractivity contribution in [1.29, 1.82) is 0 Å². The number of halogens is 3. The highest BCUT2D eigenvalue weighted by atomic mass is 127. The molecular formula is C15H12Cl2INO. The van der Waals surface area contributed by atoms with Crippen molar-refractivity contribution in [3.8, 4) is 5.75 Å². The second-order valence-corrected chi connectivity index (χ2v) is 6.63. The van der Waals surface area contributed by atoms with Crippen molar-refractivity contribution in [1.82, 2.24) is 0 Å². The second kappa shape index (κ2) is 6.00. The standard InChI is InChI=1S/C15H12Cl2INO/c16-9-7-10-13(5-6-20-15(10)11(17)8-9)19-14-4-2-1-3-12(14)18/h1-4,7-8,13,19H,5-6H2. The van der Waals surface area contributed by atoms with Gasteiger partial charge in [0.05, 0.1) is 17.7 Å². The van der Waals surface area contributed by atoms with Crippen LogP contribution in [0.5, 0.6) is 5.75 Å². The van der Waals surface area contributed by atoms with E-state index in [1.54, 1.807) is 6.07 Å². The smallest absolute Gasteiger partial charge is 0.143 e. The first kappa shape index (κ1) is 14.3. The van der Waals surface area contributed by atoms with Gasteiger partial charge < -0.3 is 10.1 Å². The Balaban J connectivity index is 1.96. The predicted octanol–water partition coefficient (Wildman–Crippen LogP) is 5.53. The molecule has 3 rings (SSSR count). The Bertz CT molecular complexity index is 648. The molecule has 1 atom stereocenters. The average Bonchev–Trinajstić information content (AvgIpc) is 2.42. The zero-order valence-electron chi connectivity index (χ0n) is 10.5. The Morgan fingerprint density at radius 1 is 1.20 bits per heavy atom. The van der Waals surface area contributed by atoms with Crippen LogP contribution in [0.4, 0.5) is 5.69 Å². The van der Waals surface area contributed by atoms with Gasteiger partial charge in [0.2, 0.25) is 0 Å². The van der Waals surface area contributed by atoms with Crippen LogP contribution in [0, 0.1) is 3.57 Å². The van der Waals surface area contributed by atoms with Crippen LogP contribution in [0.25, 0.3) is 0 Å². The summed E-state index contributed by atoms with van der Waals surface area (Å²) in [5.74, 6) is 0.741. The SMILES string of the molecule is Clc1cc(Cl)c2c(c1)C(Nc1ccccc1I)CCO2. The van der Waals surface area contributed by atoms with Gasteiger partial charge in [-0.1, -0.05) is 35.3 Å². The quantitative estimate of drug-likeness (QED) is 0.645. The summed E-state index contributed by atoms with van der Waals surface area (Å²) in [6, 6.07) is 12.0. The summed E-state index contributed by atoms with van der Waals surface area (Å²) in [5.41, 5.74) is 2.13. The summed E-state index contributed by atoms with van der Waals surface area (Å²) in [4.78, 5) is 0. The first-order valence-electron chi connectivity index (χ1n) is 6.28. The van der Waals surface area contributed by atoms with Gasteiger partial charge in [-0.25, -0.2) is 0 Å². The number of ether oxygens (including phenoxy) is 1. The van der Waals surface area contributed by atoms with E-state index in [1.807, 2.05) is 18.2 Å². The highest BCUT2D eigenvalue weighted by Crippen LogP contribution is 2.41. The molecule has 20 heavy (non-hydrogen) atoms. The number of hydrogen-bond donors (Lipinski definition) is 1. The number of nitrogens with one attached hydrogen (secondary N) is 1. The topological polar surface area (TPSA) is 21.3 Å². The second-order valence-electron chi connectivity index (χ2n) is 4.62. The Labute approximate surface area is 141 Å². The molecule has 0 saturated heterocycles. The first-order chi connectivity index (χ1) is 9.65. The van der Waals surface area contributed by atoms with Crippen molar-refractivity contribution >= 4 is 51.5 Å². The maximum atomic E-state index is 6.21. The molecule has 0 aliphatic carbocycles. The minimum atomic E-state index is 0.158. The van der Waals surface area contributed by atoms with Gasteiger partial charge >= 0.3 is 0 Å². The highest BCUT2D eigenvalue weighted by Gasteiger charge is 2.24. The molecule has 0 spiro atoms. The maximum absolute atomic E-state index is 6.21. The van der Waals surface area contributed by atoms with Crippen molar-refractivity contribution in [2.24, 2.45) is 0 Å². The molecule has 1 unspecified atom stereocenters. The van der Waals surface area contributed by atoms with E-state index in [1.165, 1.54) is 3.57 Å². The van der Waals surface area contributed by atoms with Gasteiger partial charge in [0.25, 0.3) is 0 Å². The number of hydrogen-bond acceptors (Lipinski definition) is 2. The lowest BCUT2D eigenvalue weighted by molar-refractivity contribution is 0.274. The van der Waals surface area contributed by atoms with E-state index >= 15 is 0 Å². The molecule has 2 nitrogen and oxygen atoms in total. The van der Waals surface area contributed by atoms with E-state index in [4.69, 9.17) is 27.9 Å². The molecule has 2 aromatic carbocycles. The summed E-state index contributed by atoms with van der Waals surface area (Å²) in [6.45, 7) is 0.648. The number of benzene rings is 2. The van der Waals surface area contributed by atoms with Crippen LogP contribution in [-0.2, 0) is 0 Å². The summed E-state index contributed by atoms with van der Waals surface area (Å²) >= 11 is 14.6. The zero-order valence-corrected chi connectivity index (χ0v) is 14.2. The number of rotatable bonds is 2. The van der Waals surface area contributed by atoms with Gasteiger partial charge in [-0.3, -0.25) is 0 Å². The van der Waals surface area contributed by atoms with Gasteiger partial charge in [0.15, 0.2) is 0 Å². The molecule has 0 radical (unpaired) electrons. The van der Waals surface area contributed by atoms with Gasteiger partial charge in [-0.2, -0.15) is 0 Å². The van der Waals surface area contributed by atoms with Crippen molar-refractivity contribution in [3.63, 3.8) is 0 Å². The summed E-state index contributed by atoms with van der Waals surface area (Å²) in [7, 11) is 0. The van der Waals surface area contributed by atoms with Crippen LogP contribution in [0.15, 0.2) is 36.4 Å². The molecule has 0 fully saturated rings. The molecule has 5 heteroatoms. The summed E-state index contributed by atoms with van der Waals surface area (Å²) in [6.07, 6.45) is 0.884. The van der Waals surface area contributed by atoms with E-state index in [2.05, 4.69) is 40.0 Å². The number of para-hydroxylation sites is 1. The Morgan fingerprint density at radius 2 is 2.00 bits per heavy atom. The zero-order chi connectivity index (χ0) is 14.1. The molecule has 1 aliphatic rings. The third kappa shape index (κ3) is 2.85. The van der Waals surface area contributed by atoms with Crippen LogP contribution < -0.4 is 10.1 Å². The van der Waals surface area contributed by atoms with E-state index in [9.17, 15) is 0 Å². The lowest BCUT2D eigenvalue weighted by Crippen LogP contribution is -2.21. The van der Waals surface area contributed by atoms with Crippen molar-refractivity contribution in [2.45, 2.75) is 12.5 Å². The third-order valence-electron chi connectivity index (χ3n) is 3.27. The number of anilines is 1. The fourth-order valence-electron chi connectivity index (χ4n) is 2.34. The minimum Gasteiger partial charge on any atom is -0.492 e. The maximum Gasteiger partial charge on any atom is 0.143 e. The molecule has 0 bridgehead atoms. The van der Waals surface area contributed by atoms with Crippen LogP contribution in [0.1, 0.15) is 18.0 Å². The average molecular weight is 420 g/mol. The summed E-state index contributed by atoms with van der Waals surface area (Å²) in [5, 5.41) is 4.76. The fourth-order valence-corrected chi connectivity index (χ4v) is 3.45. The van der Waals surface area contributed by atoms with Crippen molar-refractivity contribution in [3.05, 3.63) is 55.6 Å². The van der Waals surface area contributed by atoms with Crippen LogP contribution in [0.3, 0.4) is 0 Å². The molecule has 0 aromatic heterocycles. The molecule has 1 heterocycles. The largest absolute Gasteiger partial charge is 0.492 e. The molecule has 2 aromatic rings. The Morgan fingerprint density at radius 3 is 2.80 bits per heavy atom. The molecule has 1 aliphatic heterocycles. The van der Waals surface area contributed by atoms with Gasteiger partial charge in [0, 0.05) is 26.3 Å². The van der Waals surface area contributed by atoms with Gasteiger partial charge in [0.1, 0.15) is 5.75 Å². The monoisotopic (exact) mass is 419 g/mol. The molecule has 0 amide bonds. The molecule has 104 valence electrons. The Kier molecular flexibility index (Phi) is 4.29. The van der Waals surface area contributed by atoms with Crippen molar-refractivity contribution in [2.75, 3.05) is 11.9 Å². The minimum absolute atomic E-state index is 0.158. The van der Waals surface area contributed by atoms with E-state index in [0.29, 0.717) is 16.7 Å². The predicted molar refractivity (Wildman–Crippen MR) is 92.1 cm³/mol. The third-order valence-corrected chi connectivity index (χ3v) is 4.71. The number of fused-ring (bicyclic) bond motifs is 1. The normalized spacial score (nSPS) is 17.2. The lowest BCUT2D eigenvalue weighted by atomic mass is 10.00. The van der Waals surface area contributed by atoms with Crippen molar-refractivity contribution < 1.29 is 4.74 Å². The molecular weight excluding hydrogens is 408 g/mol. The first-order valence-corrected chi connectivity index (χ1v) is 8.11. The Hall–Kier alpha value is -0.650. The van der Waals surface area contributed by atoms with Crippen LogP contribution in [-0.4, -0.2) is 6.61 Å². The van der Waals surface area contributed by atoms with Gasteiger partial charge in [-0.05, 0) is 46.9 Å². The fraction of sp³-hybridized carbons (Fsp3) is 0.200. The van der Waals surface area contributed by atoms with Crippen LogP contribution >= 0.6 is 45.8 Å². The summed E-state index contributed by atoms with van der Waals surface area (Å²) < 4.78 is 6.86. The van der Waals surface area contributed by atoms with E-state index in [0.717, 1.165) is 23.4 Å². The highest BCUT2D eigenvalue weighted by molar-refractivity contribution is 14.1. The van der Waals surface area contributed by atoms with E-state index in [-0.39, 0.29) is 6.04 Å².